The van der Waals surface area contributed by atoms with Gasteiger partial charge in [-0.2, -0.15) is 5.26 Å². The molecule has 0 spiro atoms. The summed E-state index contributed by atoms with van der Waals surface area (Å²) in [6.45, 7) is 4.38. The van der Waals surface area contributed by atoms with Crippen molar-refractivity contribution in [3.05, 3.63) is 35.9 Å². The minimum atomic E-state index is 0.459. The van der Waals surface area contributed by atoms with Crippen molar-refractivity contribution in [3.8, 4) is 6.07 Å². The van der Waals surface area contributed by atoms with Gasteiger partial charge in [-0.25, -0.2) is 0 Å². The molecular weight excluding hydrogens is 196 g/mol. The van der Waals surface area contributed by atoms with Crippen LogP contribution in [0.4, 0.5) is 0 Å². The number of nitriles is 1. The zero-order valence-corrected chi connectivity index (χ0v) is 9.76. The number of hydrogen-bond acceptors (Lipinski definition) is 2. The molecule has 16 heavy (non-hydrogen) atoms. The Labute approximate surface area is 97.5 Å². The molecule has 0 bridgehead atoms. The van der Waals surface area contributed by atoms with Crippen molar-refractivity contribution < 1.29 is 0 Å². The van der Waals surface area contributed by atoms with Crippen LogP contribution in [0.1, 0.15) is 25.3 Å². The average Bonchev–Trinajstić information content (AvgIpc) is 2.61. The smallest absolute Gasteiger partial charge is 0.0638 e. The van der Waals surface area contributed by atoms with Gasteiger partial charge < -0.3 is 0 Å². The largest absolute Gasteiger partial charge is 0.295 e. The van der Waals surface area contributed by atoms with Gasteiger partial charge in [-0.3, -0.25) is 4.90 Å². The zero-order valence-electron chi connectivity index (χ0n) is 9.76. The Hall–Kier alpha value is -1.33. The lowest BCUT2D eigenvalue weighted by Crippen LogP contribution is -2.28. The van der Waals surface area contributed by atoms with Gasteiger partial charge in [0.25, 0.3) is 0 Å². The SMILES string of the molecule is C[C@H]1C[C@H](CC#N)N(Cc2ccccc2)C1. The van der Waals surface area contributed by atoms with E-state index in [1.165, 1.54) is 12.0 Å². The van der Waals surface area contributed by atoms with E-state index in [2.05, 4.69) is 42.2 Å². The average molecular weight is 214 g/mol. The molecule has 1 aromatic carbocycles. The number of benzene rings is 1. The summed E-state index contributed by atoms with van der Waals surface area (Å²) in [5.41, 5.74) is 1.35. The second-order valence-electron chi connectivity index (χ2n) is 4.77. The van der Waals surface area contributed by atoms with E-state index < -0.39 is 0 Å². The summed E-state index contributed by atoms with van der Waals surface area (Å²) in [6, 6.07) is 13.3. The standard InChI is InChI=1S/C14H18N2/c1-12-9-14(7-8-15)16(10-12)11-13-5-3-2-4-6-13/h2-6,12,14H,7,9-11H2,1H3/t12-,14-/m0/s1. The first kappa shape index (κ1) is 11.2. The fourth-order valence-electron chi connectivity index (χ4n) is 2.57. The molecule has 0 amide bonds. The minimum absolute atomic E-state index is 0.459. The van der Waals surface area contributed by atoms with Crippen LogP contribution in [-0.4, -0.2) is 17.5 Å². The van der Waals surface area contributed by atoms with Crippen molar-refractivity contribution in [2.45, 2.75) is 32.4 Å². The molecule has 2 atom stereocenters. The van der Waals surface area contributed by atoms with E-state index in [1.54, 1.807) is 0 Å². The van der Waals surface area contributed by atoms with E-state index in [9.17, 15) is 0 Å². The molecule has 0 saturated carbocycles. The van der Waals surface area contributed by atoms with E-state index in [-0.39, 0.29) is 0 Å². The van der Waals surface area contributed by atoms with Crippen LogP contribution in [-0.2, 0) is 6.54 Å². The summed E-state index contributed by atoms with van der Waals surface area (Å²) in [5.74, 6) is 0.724. The Morgan fingerprint density at radius 3 is 2.81 bits per heavy atom. The summed E-state index contributed by atoms with van der Waals surface area (Å²) in [6.07, 6.45) is 1.83. The quantitative estimate of drug-likeness (QED) is 0.773. The maximum absolute atomic E-state index is 8.82. The lowest BCUT2D eigenvalue weighted by atomic mass is 10.1. The van der Waals surface area contributed by atoms with Gasteiger partial charge in [0, 0.05) is 19.1 Å². The Morgan fingerprint density at radius 2 is 2.12 bits per heavy atom. The van der Waals surface area contributed by atoms with Crippen molar-refractivity contribution >= 4 is 0 Å². The van der Waals surface area contributed by atoms with E-state index >= 15 is 0 Å². The van der Waals surface area contributed by atoms with E-state index in [0.717, 1.165) is 19.0 Å². The molecule has 1 heterocycles. The van der Waals surface area contributed by atoms with Gasteiger partial charge in [-0.05, 0) is 17.9 Å². The highest BCUT2D eigenvalue weighted by molar-refractivity contribution is 5.15. The van der Waals surface area contributed by atoms with Crippen LogP contribution < -0.4 is 0 Å². The molecule has 2 heteroatoms. The molecule has 0 aromatic heterocycles. The maximum Gasteiger partial charge on any atom is 0.0638 e. The van der Waals surface area contributed by atoms with Gasteiger partial charge >= 0.3 is 0 Å². The van der Waals surface area contributed by atoms with Crippen molar-refractivity contribution in [2.75, 3.05) is 6.54 Å². The fourth-order valence-corrected chi connectivity index (χ4v) is 2.57. The minimum Gasteiger partial charge on any atom is -0.295 e. The molecule has 0 aliphatic carbocycles. The second-order valence-corrected chi connectivity index (χ2v) is 4.77. The molecule has 1 fully saturated rings. The molecule has 1 aliphatic rings. The number of likely N-dealkylation sites (tertiary alicyclic amines) is 1. The van der Waals surface area contributed by atoms with Gasteiger partial charge in [0.1, 0.15) is 0 Å². The molecule has 2 rings (SSSR count). The van der Waals surface area contributed by atoms with E-state index in [1.807, 2.05) is 6.07 Å². The number of hydrogen-bond donors (Lipinski definition) is 0. The highest BCUT2D eigenvalue weighted by atomic mass is 15.2. The molecule has 1 saturated heterocycles. The van der Waals surface area contributed by atoms with Crippen molar-refractivity contribution in [3.63, 3.8) is 0 Å². The first-order valence-corrected chi connectivity index (χ1v) is 5.94. The van der Waals surface area contributed by atoms with Gasteiger partial charge in [-0.1, -0.05) is 37.3 Å². The summed E-state index contributed by atoms with van der Waals surface area (Å²) >= 11 is 0. The zero-order chi connectivity index (χ0) is 11.4. The monoisotopic (exact) mass is 214 g/mol. The first-order chi connectivity index (χ1) is 7.79. The van der Waals surface area contributed by atoms with Crippen LogP contribution in [0, 0.1) is 17.2 Å². The van der Waals surface area contributed by atoms with Gasteiger partial charge in [0.2, 0.25) is 0 Å². The lowest BCUT2D eigenvalue weighted by molar-refractivity contribution is 0.245. The Balaban J connectivity index is 2.01. The molecule has 1 aromatic rings. The number of rotatable bonds is 3. The Morgan fingerprint density at radius 1 is 1.38 bits per heavy atom. The molecule has 0 N–H and O–H groups in total. The summed E-state index contributed by atoms with van der Waals surface area (Å²) < 4.78 is 0. The van der Waals surface area contributed by atoms with Gasteiger partial charge in [0.05, 0.1) is 12.5 Å². The molecule has 0 radical (unpaired) electrons. The fraction of sp³-hybridized carbons (Fsp3) is 0.500. The third kappa shape index (κ3) is 2.62. The van der Waals surface area contributed by atoms with Gasteiger partial charge in [0.15, 0.2) is 0 Å². The topological polar surface area (TPSA) is 27.0 Å². The molecule has 84 valence electrons. The Bertz CT molecular complexity index is 366. The summed E-state index contributed by atoms with van der Waals surface area (Å²) in [7, 11) is 0. The maximum atomic E-state index is 8.82. The highest BCUT2D eigenvalue weighted by Gasteiger charge is 2.28. The Kier molecular flexibility index (Phi) is 3.58. The summed E-state index contributed by atoms with van der Waals surface area (Å²) in [5, 5.41) is 8.82. The van der Waals surface area contributed by atoms with Crippen molar-refractivity contribution in [2.24, 2.45) is 5.92 Å². The predicted octanol–water partition coefficient (Wildman–Crippen LogP) is 2.81. The molecule has 0 unspecified atom stereocenters. The summed E-state index contributed by atoms with van der Waals surface area (Å²) in [4.78, 5) is 2.45. The van der Waals surface area contributed by atoms with Crippen LogP contribution in [0.15, 0.2) is 30.3 Å². The molecule has 1 aliphatic heterocycles. The van der Waals surface area contributed by atoms with Crippen LogP contribution >= 0.6 is 0 Å². The third-order valence-electron chi connectivity index (χ3n) is 3.29. The van der Waals surface area contributed by atoms with Crippen LogP contribution in [0.3, 0.4) is 0 Å². The van der Waals surface area contributed by atoms with Crippen molar-refractivity contribution in [1.29, 1.82) is 5.26 Å². The predicted molar refractivity (Wildman–Crippen MR) is 64.7 cm³/mol. The van der Waals surface area contributed by atoms with E-state index in [0.29, 0.717) is 12.5 Å². The van der Waals surface area contributed by atoms with Crippen LogP contribution in [0.2, 0.25) is 0 Å². The van der Waals surface area contributed by atoms with Crippen LogP contribution in [0.25, 0.3) is 0 Å². The third-order valence-corrected chi connectivity index (χ3v) is 3.29. The first-order valence-electron chi connectivity index (χ1n) is 5.94. The van der Waals surface area contributed by atoms with Crippen LogP contribution in [0.5, 0.6) is 0 Å². The normalized spacial score (nSPS) is 25.5. The second kappa shape index (κ2) is 5.14. The molecular formula is C14H18N2. The molecule has 2 nitrogen and oxygen atoms in total. The highest BCUT2D eigenvalue weighted by Crippen LogP contribution is 2.26. The van der Waals surface area contributed by atoms with Gasteiger partial charge in [-0.15, -0.1) is 0 Å². The van der Waals surface area contributed by atoms with E-state index in [4.69, 9.17) is 5.26 Å². The lowest BCUT2D eigenvalue weighted by Gasteiger charge is -2.22. The van der Waals surface area contributed by atoms with Crippen molar-refractivity contribution in [1.82, 2.24) is 4.90 Å². The number of nitrogens with zero attached hydrogens (tertiary/aromatic N) is 2.